The summed E-state index contributed by atoms with van der Waals surface area (Å²) in [4.78, 5) is 46.6. The number of nitrogens with zero attached hydrogens (tertiary/aromatic N) is 2. The van der Waals surface area contributed by atoms with Gasteiger partial charge in [-0.25, -0.2) is 9.78 Å². The van der Waals surface area contributed by atoms with E-state index >= 15 is 0 Å². The van der Waals surface area contributed by atoms with Gasteiger partial charge in [-0.05, 0) is 36.2 Å². The summed E-state index contributed by atoms with van der Waals surface area (Å²) in [5.74, 6) is -0.204. The molecule has 1 N–H and O–H groups in total. The smallest absolute Gasteiger partial charge is 0.338 e. The van der Waals surface area contributed by atoms with E-state index in [-0.39, 0.29) is 16.9 Å². The summed E-state index contributed by atoms with van der Waals surface area (Å²) in [5, 5.41) is 1.24. The topological polar surface area (TPSA) is 94.0 Å². The fraction of sp³-hybridized carbons (Fsp3) is 0.143. The highest BCUT2D eigenvalue weighted by Crippen LogP contribution is 2.30. The first-order chi connectivity index (χ1) is 17.1. The number of hydrogen-bond acceptors (Lipinski definition) is 5. The SMILES string of the molecule is O=C(OCC(=O)c1c(-c2ccccc2)[nH]c2ccccc12)c1ccc2c(=O)n3c(nc2c1)CCC3. The number of hydrogen-bond donors (Lipinski definition) is 1. The van der Waals surface area contributed by atoms with Gasteiger partial charge in [-0.2, -0.15) is 0 Å². The molecule has 0 aliphatic carbocycles. The third-order valence-electron chi connectivity index (χ3n) is 6.43. The Hall–Kier alpha value is -4.52. The van der Waals surface area contributed by atoms with Crippen LogP contribution in [-0.4, -0.2) is 32.9 Å². The molecule has 0 saturated heterocycles. The van der Waals surface area contributed by atoms with Crippen molar-refractivity contribution in [2.24, 2.45) is 0 Å². The molecular formula is C28H21N3O4. The number of Topliss-reactive ketones (excluding diaryl/α,β-unsaturated/α-hetero) is 1. The van der Waals surface area contributed by atoms with Crippen molar-refractivity contribution in [3.05, 3.63) is 100 Å². The minimum absolute atomic E-state index is 0.0922. The van der Waals surface area contributed by atoms with E-state index in [1.807, 2.05) is 54.6 Å². The van der Waals surface area contributed by atoms with Gasteiger partial charge < -0.3 is 9.72 Å². The van der Waals surface area contributed by atoms with Gasteiger partial charge in [-0.1, -0.05) is 48.5 Å². The molecule has 5 aromatic rings. The quantitative estimate of drug-likeness (QED) is 0.305. The van der Waals surface area contributed by atoms with Crippen LogP contribution in [0.2, 0.25) is 0 Å². The molecule has 1 aliphatic rings. The van der Waals surface area contributed by atoms with Crippen molar-refractivity contribution < 1.29 is 14.3 Å². The van der Waals surface area contributed by atoms with Gasteiger partial charge in [-0.15, -0.1) is 0 Å². The number of para-hydroxylation sites is 1. The van der Waals surface area contributed by atoms with Crippen LogP contribution in [0.4, 0.5) is 0 Å². The Labute approximate surface area is 200 Å². The average Bonchev–Trinajstić information content (AvgIpc) is 3.52. The molecule has 0 spiro atoms. The fourth-order valence-corrected chi connectivity index (χ4v) is 4.75. The van der Waals surface area contributed by atoms with Crippen molar-refractivity contribution in [3.8, 4) is 11.3 Å². The Balaban J connectivity index is 1.28. The molecule has 1 aliphatic heterocycles. The molecular weight excluding hydrogens is 442 g/mol. The molecule has 0 amide bonds. The Kier molecular flexibility index (Phi) is 5.03. The summed E-state index contributed by atoms with van der Waals surface area (Å²) in [5.41, 5.74) is 3.51. The second kappa shape index (κ2) is 8.36. The van der Waals surface area contributed by atoms with E-state index in [0.29, 0.717) is 28.7 Å². The lowest BCUT2D eigenvalue weighted by atomic mass is 10.0. The van der Waals surface area contributed by atoms with Crippen LogP contribution in [0, 0.1) is 0 Å². The van der Waals surface area contributed by atoms with Crippen molar-refractivity contribution in [2.45, 2.75) is 19.4 Å². The zero-order chi connectivity index (χ0) is 23.9. The molecule has 0 bridgehead atoms. The van der Waals surface area contributed by atoms with Gasteiger partial charge in [0.1, 0.15) is 5.82 Å². The Morgan fingerprint density at radius 1 is 0.971 bits per heavy atom. The van der Waals surface area contributed by atoms with Crippen molar-refractivity contribution in [2.75, 3.05) is 6.61 Å². The lowest BCUT2D eigenvalue weighted by molar-refractivity contribution is 0.0475. The maximum atomic E-state index is 13.3. The van der Waals surface area contributed by atoms with Gasteiger partial charge in [0.15, 0.2) is 6.61 Å². The summed E-state index contributed by atoms with van der Waals surface area (Å²) in [6.45, 7) is 0.265. The van der Waals surface area contributed by atoms with Gasteiger partial charge in [-0.3, -0.25) is 14.2 Å². The van der Waals surface area contributed by atoms with Gasteiger partial charge >= 0.3 is 5.97 Å². The second-order valence-electron chi connectivity index (χ2n) is 8.61. The number of ether oxygens (including phenoxy) is 1. The highest BCUT2D eigenvalue weighted by molar-refractivity contribution is 6.14. The van der Waals surface area contributed by atoms with E-state index in [2.05, 4.69) is 9.97 Å². The van der Waals surface area contributed by atoms with Crippen molar-refractivity contribution >= 4 is 33.6 Å². The number of nitrogens with one attached hydrogen (secondary N) is 1. The largest absolute Gasteiger partial charge is 0.454 e. The number of aromatic nitrogens is 3. The third kappa shape index (κ3) is 3.61. The summed E-state index contributed by atoms with van der Waals surface area (Å²) in [7, 11) is 0. The van der Waals surface area contributed by atoms with Crippen molar-refractivity contribution in [3.63, 3.8) is 0 Å². The molecule has 0 atom stereocenters. The molecule has 0 radical (unpaired) electrons. The van der Waals surface area contributed by atoms with Crippen LogP contribution in [0.1, 0.15) is 33.0 Å². The number of carbonyl (C=O) groups is 2. The predicted octanol–water partition coefficient (Wildman–Crippen LogP) is 4.53. The van der Waals surface area contributed by atoms with Crippen LogP contribution in [0.25, 0.3) is 33.1 Å². The van der Waals surface area contributed by atoms with E-state index in [1.54, 1.807) is 22.8 Å². The summed E-state index contributed by atoms with van der Waals surface area (Å²) < 4.78 is 7.10. The normalized spacial score (nSPS) is 12.7. The van der Waals surface area contributed by atoms with E-state index in [1.165, 1.54) is 0 Å². The lowest BCUT2D eigenvalue weighted by Crippen LogP contribution is -2.21. The number of benzene rings is 3. The zero-order valence-electron chi connectivity index (χ0n) is 18.8. The minimum atomic E-state index is -0.635. The number of fused-ring (bicyclic) bond motifs is 3. The highest BCUT2D eigenvalue weighted by Gasteiger charge is 2.22. The molecule has 3 heterocycles. The third-order valence-corrected chi connectivity index (χ3v) is 6.43. The standard InChI is InChI=1S/C28H21N3O4/c32-23(25-19-9-4-5-10-21(19)30-26(25)17-7-2-1-3-8-17)16-35-28(34)18-12-13-20-22(15-18)29-24-11-6-14-31(24)27(20)33/h1-5,7-10,12-13,15,30H,6,11,14,16H2. The number of aryl methyl sites for hydroxylation is 1. The van der Waals surface area contributed by atoms with E-state index < -0.39 is 12.6 Å². The molecule has 35 heavy (non-hydrogen) atoms. The molecule has 0 saturated carbocycles. The van der Waals surface area contributed by atoms with Crippen LogP contribution in [0.3, 0.4) is 0 Å². The molecule has 0 fully saturated rings. The molecule has 172 valence electrons. The van der Waals surface area contributed by atoms with Gasteiger partial charge in [0, 0.05) is 23.9 Å². The fourth-order valence-electron chi connectivity index (χ4n) is 4.75. The van der Waals surface area contributed by atoms with E-state index in [0.717, 1.165) is 35.1 Å². The molecule has 7 nitrogen and oxygen atoms in total. The van der Waals surface area contributed by atoms with Crippen molar-refractivity contribution in [1.29, 1.82) is 0 Å². The van der Waals surface area contributed by atoms with E-state index in [9.17, 15) is 14.4 Å². The Morgan fingerprint density at radius 2 is 1.77 bits per heavy atom. The van der Waals surface area contributed by atoms with Gasteiger partial charge in [0.05, 0.1) is 27.7 Å². The van der Waals surface area contributed by atoms with Gasteiger partial charge in [0.25, 0.3) is 5.56 Å². The highest BCUT2D eigenvalue weighted by atomic mass is 16.5. The molecule has 0 unspecified atom stereocenters. The average molecular weight is 463 g/mol. The summed E-state index contributed by atoms with van der Waals surface area (Å²) in [6, 6.07) is 21.8. The first kappa shape index (κ1) is 21.0. The minimum Gasteiger partial charge on any atom is -0.454 e. The van der Waals surface area contributed by atoms with Gasteiger partial charge in [0.2, 0.25) is 5.78 Å². The number of aromatic amines is 1. The first-order valence-corrected chi connectivity index (χ1v) is 11.5. The summed E-state index contributed by atoms with van der Waals surface area (Å²) >= 11 is 0. The molecule has 2 aromatic heterocycles. The van der Waals surface area contributed by atoms with Crippen LogP contribution in [-0.2, 0) is 17.7 Å². The number of rotatable bonds is 5. The Morgan fingerprint density at radius 3 is 2.63 bits per heavy atom. The zero-order valence-corrected chi connectivity index (χ0v) is 18.8. The second-order valence-corrected chi connectivity index (χ2v) is 8.61. The van der Waals surface area contributed by atoms with E-state index in [4.69, 9.17) is 4.74 Å². The number of carbonyl (C=O) groups excluding carboxylic acids is 2. The molecule has 3 aromatic carbocycles. The summed E-state index contributed by atoms with van der Waals surface area (Å²) in [6.07, 6.45) is 1.62. The number of H-pyrrole nitrogens is 1. The van der Waals surface area contributed by atoms with Crippen LogP contribution < -0.4 is 5.56 Å². The van der Waals surface area contributed by atoms with Crippen LogP contribution in [0.15, 0.2) is 77.6 Å². The maximum absolute atomic E-state index is 13.3. The maximum Gasteiger partial charge on any atom is 0.338 e. The monoisotopic (exact) mass is 463 g/mol. The lowest BCUT2D eigenvalue weighted by Gasteiger charge is -2.08. The first-order valence-electron chi connectivity index (χ1n) is 11.5. The molecule has 6 rings (SSSR count). The number of esters is 1. The Bertz CT molecular complexity index is 1680. The molecule has 7 heteroatoms. The van der Waals surface area contributed by atoms with Crippen LogP contribution in [0.5, 0.6) is 0 Å². The van der Waals surface area contributed by atoms with Crippen LogP contribution >= 0.6 is 0 Å². The predicted molar refractivity (Wildman–Crippen MR) is 133 cm³/mol. The van der Waals surface area contributed by atoms with Crippen molar-refractivity contribution in [1.82, 2.24) is 14.5 Å². The number of ketones is 1.